The molecular weight excluding hydrogens is 204 g/mol. The minimum absolute atomic E-state index is 0.173. The standard InChI is InChI=1S/C12H24N2O2/c1-4-7-14(11-8-13-9-11)12(15)6-5-10(2)16-3/h10-11,13H,4-9H2,1-3H3. The van der Waals surface area contributed by atoms with Crippen molar-refractivity contribution in [3.63, 3.8) is 0 Å². The summed E-state index contributed by atoms with van der Waals surface area (Å²) in [5.41, 5.74) is 0. The van der Waals surface area contributed by atoms with E-state index in [9.17, 15) is 4.79 Å². The molecule has 1 aliphatic rings. The Kier molecular flexibility index (Phi) is 5.77. The van der Waals surface area contributed by atoms with E-state index in [1.54, 1.807) is 7.11 Å². The zero-order chi connectivity index (χ0) is 12.0. The lowest BCUT2D eigenvalue weighted by Crippen LogP contribution is -2.59. The van der Waals surface area contributed by atoms with Gasteiger partial charge in [0.25, 0.3) is 0 Å². The molecule has 1 heterocycles. The second-order valence-electron chi connectivity index (χ2n) is 4.48. The molecule has 1 N–H and O–H groups in total. The molecule has 0 saturated carbocycles. The third kappa shape index (κ3) is 3.76. The van der Waals surface area contributed by atoms with E-state index in [1.165, 1.54) is 0 Å². The molecule has 1 aliphatic heterocycles. The highest BCUT2D eigenvalue weighted by Gasteiger charge is 2.27. The summed E-state index contributed by atoms with van der Waals surface area (Å²) in [6.45, 7) is 6.90. The normalized spacial score (nSPS) is 17.9. The second kappa shape index (κ2) is 6.86. The maximum absolute atomic E-state index is 12.0. The van der Waals surface area contributed by atoms with E-state index in [2.05, 4.69) is 12.2 Å². The van der Waals surface area contributed by atoms with Crippen molar-refractivity contribution in [1.29, 1.82) is 0 Å². The van der Waals surface area contributed by atoms with Crippen molar-refractivity contribution < 1.29 is 9.53 Å². The quantitative estimate of drug-likeness (QED) is 0.707. The Balaban J connectivity index is 2.34. The van der Waals surface area contributed by atoms with Crippen molar-refractivity contribution in [2.45, 2.75) is 45.3 Å². The molecule has 1 atom stereocenters. The third-order valence-electron chi connectivity index (χ3n) is 3.15. The highest BCUT2D eigenvalue weighted by Crippen LogP contribution is 2.11. The van der Waals surface area contributed by atoms with Crippen molar-refractivity contribution in [2.75, 3.05) is 26.7 Å². The second-order valence-corrected chi connectivity index (χ2v) is 4.48. The van der Waals surface area contributed by atoms with Crippen LogP contribution in [0.3, 0.4) is 0 Å². The molecule has 1 unspecified atom stereocenters. The maximum Gasteiger partial charge on any atom is 0.223 e. The van der Waals surface area contributed by atoms with Gasteiger partial charge >= 0.3 is 0 Å². The van der Waals surface area contributed by atoms with E-state index in [0.29, 0.717) is 12.5 Å². The minimum atomic E-state index is 0.173. The number of rotatable bonds is 7. The first-order chi connectivity index (χ1) is 7.69. The molecule has 4 heteroatoms. The van der Waals surface area contributed by atoms with Gasteiger partial charge in [0, 0.05) is 33.2 Å². The zero-order valence-electron chi connectivity index (χ0n) is 10.7. The lowest BCUT2D eigenvalue weighted by atomic mass is 10.1. The highest BCUT2D eigenvalue weighted by molar-refractivity contribution is 5.76. The highest BCUT2D eigenvalue weighted by atomic mass is 16.5. The van der Waals surface area contributed by atoms with Crippen LogP contribution < -0.4 is 5.32 Å². The van der Waals surface area contributed by atoms with Crippen molar-refractivity contribution >= 4 is 5.91 Å². The van der Waals surface area contributed by atoms with Gasteiger partial charge in [-0.1, -0.05) is 6.92 Å². The molecule has 0 aliphatic carbocycles. The molecule has 1 fully saturated rings. The van der Waals surface area contributed by atoms with Gasteiger partial charge in [-0.3, -0.25) is 4.79 Å². The van der Waals surface area contributed by atoms with Crippen molar-refractivity contribution in [2.24, 2.45) is 0 Å². The third-order valence-corrected chi connectivity index (χ3v) is 3.15. The number of nitrogens with one attached hydrogen (secondary N) is 1. The van der Waals surface area contributed by atoms with Gasteiger partial charge in [-0.2, -0.15) is 0 Å². The molecule has 0 radical (unpaired) electrons. The lowest BCUT2D eigenvalue weighted by molar-refractivity contribution is -0.135. The molecule has 1 amide bonds. The van der Waals surface area contributed by atoms with Gasteiger partial charge in [0.05, 0.1) is 12.1 Å². The van der Waals surface area contributed by atoms with Gasteiger partial charge in [0.2, 0.25) is 5.91 Å². The molecule has 0 aromatic rings. The molecule has 0 aromatic heterocycles. The molecule has 0 bridgehead atoms. The summed E-state index contributed by atoms with van der Waals surface area (Å²) >= 11 is 0. The largest absolute Gasteiger partial charge is 0.382 e. The van der Waals surface area contributed by atoms with E-state index in [-0.39, 0.29) is 12.0 Å². The van der Waals surface area contributed by atoms with Crippen LogP contribution in [0.25, 0.3) is 0 Å². The van der Waals surface area contributed by atoms with Crippen LogP contribution in [0.4, 0.5) is 0 Å². The number of hydrogen-bond donors (Lipinski definition) is 1. The minimum Gasteiger partial charge on any atom is -0.382 e. The van der Waals surface area contributed by atoms with Gasteiger partial charge in [0.1, 0.15) is 0 Å². The molecule has 1 rings (SSSR count). The molecule has 1 saturated heterocycles. The fourth-order valence-electron chi connectivity index (χ4n) is 1.83. The van der Waals surface area contributed by atoms with E-state index in [1.807, 2.05) is 11.8 Å². The summed E-state index contributed by atoms with van der Waals surface area (Å²) in [5.74, 6) is 0.275. The van der Waals surface area contributed by atoms with Crippen LogP contribution in [0, 0.1) is 0 Å². The Morgan fingerprint density at radius 3 is 2.69 bits per heavy atom. The van der Waals surface area contributed by atoms with Crippen LogP contribution >= 0.6 is 0 Å². The van der Waals surface area contributed by atoms with E-state index in [4.69, 9.17) is 4.74 Å². The van der Waals surface area contributed by atoms with Gasteiger partial charge in [-0.15, -0.1) is 0 Å². The van der Waals surface area contributed by atoms with Crippen LogP contribution in [0.15, 0.2) is 0 Å². The Labute approximate surface area is 98.3 Å². The Morgan fingerprint density at radius 1 is 1.56 bits per heavy atom. The zero-order valence-corrected chi connectivity index (χ0v) is 10.7. The van der Waals surface area contributed by atoms with Crippen LogP contribution in [0.5, 0.6) is 0 Å². The van der Waals surface area contributed by atoms with Gasteiger partial charge in [-0.25, -0.2) is 0 Å². The average molecular weight is 228 g/mol. The van der Waals surface area contributed by atoms with Crippen molar-refractivity contribution in [3.8, 4) is 0 Å². The predicted molar refractivity (Wildman–Crippen MR) is 64.4 cm³/mol. The first-order valence-corrected chi connectivity index (χ1v) is 6.22. The van der Waals surface area contributed by atoms with Gasteiger partial charge in [0.15, 0.2) is 0 Å². The topological polar surface area (TPSA) is 41.6 Å². The van der Waals surface area contributed by atoms with E-state index in [0.717, 1.165) is 32.5 Å². The number of hydrogen-bond acceptors (Lipinski definition) is 3. The molecular formula is C12H24N2O2. The number of ether oxygens (including phenoxy) is 1. The molecule has 94 valence electrons. The number of methoxy groups -OCH3 is 1. The van der Waals surface area contributed by atoms with E-state index >= 15 is 0 Å². The average Bonchev–Trinajstić information content (AvgIpc) is 2.22. The van der Waals surface area contributed by atoms with Crippen LogP contribution in [-0.2, 0) is 9.53 Å². The number of nitrogens with zero attached hydrogens (tertiary/aromatic N) is 1. The van der Waals surface area contributed by atoms with Crippen molar-refractivity contribution in [1.82, 2.24) is 10.2 Å². The maximum atomic E-state index is 12.0. The van der Waals surface area contributed by atoms with E-state index < -0.39 is 0 Å². The molecule has 0 spiro atoms. The summed E-state index contributed by atoms with van der Waals surface area (Å²) in [6, 6.07) is 0.422. The lowest BCUT2D eigenvalue weighted by Gasteiger charge is -2.38. The summed E-state index contributed by atoms with van der Waals surface area (Å²) in [6.07, 6.45) is 2.62. The van der Waals surface area contributed by atoms with Gasteiger partial charge < -0.3 is 15.0 Å². The van der Waals surface area contributed by atoms with Gasteiger partial charge in [-0.05, 0) is 19.8 Å². The first kappa shape index (κ1) is 13.5. The Bertz CT molecular complexity index is 217. The fourth-order valence-corrected chi connectivity index (χ4v) is 1.83. The summed E-state index contributed by atoms with van der Waals surface area (Å²) in [7, 11) is 1.69. The van der Waals surface area contributed by atoms with Crippen LogP contribution in [0.2, 0.25) is 0 Å². The SMILES string of the molecule is CCCN(C(=O)CCC(C)OC)C1CNC1. The number of carbonyl (C=O) groups is 1. The predicted octanol–water partition coefficient (Wildman–Crippen LogP) is 1.01. The Hall–Kier alpha value is -0.610. The summed E-state index contributed by atoms with van der Waals surface area (Å²) < 4.78 is 5.16. The Morgan fingerprint density at radius 2 is 2.25 bits per heavy atom. The van der Waals surface area contributed by atoms with Crippen LogP contribution in [0.1, 0.15) is 33.1 Å². The first-order valence-electron chi connectivity index (χ1n) is 6.22. The van der Waals surface area contributed by atoms with Crippen molar-refractivity contribution in [3.05, 3.63) is 0 Å². The molecule has 0 aromatic carbocycles. The number of carbonyl (C=O) groups excluding carboxylic acids is 1. The van der Waals surface area contributed by atoms with Crippen LogP contribution in [-0.4, -0.2) is 49.7 Å². The fraction of sp³-hybridized carbons (Fsp3) is 0.917. The summed E-state index contributed by atoms with van der Waals surface area (Å²) in [4.78, 5) is 14.1. The summed E-state index contributed by atoms with van der Waals surface area (Å²) in [5, 5.41) is 3.21. The molecule has 16 heavy (non-hydrogen) atoms. The molecule has 4 nitrogen and oxygen atoms in total. The number of amides is 1. The monoisotopic (exact) mass is 228 g/mol. The smallest absolute Gasteiger partial charge is 0.223 e.